The number of esters is 1. The summed E-state index contributed by atoms with van der Waals surface area (Å²) in [4.78, 5) is 43.8. The fourth-order valence-corrected chi connectivity index (χ4v) is 8.17. The predicted molar refractivity (Wildman–Crippen MR) is 132 cm³/mol. The van der Waals surface area contributed by atoms with Gasteiger partial charge < -0.3 is 9.47 Å². The van der Waals surface area contributed by atoms with Crippen LogP contribution in [0.25, 0.3) is 16.5 Å². The zero-order valence-electron chi connectivity index (χ0n) is 19.8. The molecule has 2 unspecified atom stereocenters. The van der Waals surface area contributed by atoms with Gasteiger partial charge in [-0.15, -0.1) is 0 Å². The molecule has 0 saturated carbocycles. The molecule has 172 valence electrons. The van der Waals surface area contributed by atoms with Crippen molar-refractivity contribution in [3.05, 3.63) is 76.6 Å². The lowest BCUT2D eigenvalue weighted by Gasteiger charge is -2.56. The average molecular weight is 472 g/mol. The van der Waals surface area contributed by atoms with E-state index in [1.54, 1.807) is 36.5 Å². The quantitative estimate of drug-likeness (QED) is 0.306. The molecule has 0 spiro atoms. The summed E-state index contributed by atoms with van der Waals surface area (Å²) < 4.78 is 11.4. The lowest BCUT2D eigenvalue weighted by Crippen LogP contribution is -2.66. The van der Waals surface area contributed by atoms with E-state index in [4.69, 9.17) is 9.47 Å². The van der Waals surface area contributed by atoms with Crippen molar-refractivity contribution in [1.82, 2.24) is 4.98 Å². The van der Waals surface area contributed by atoms with Crippen LogP contribution < -0.4 is 4.74 Å². The molecule has 0 fully saturated rings. The Labute approximate surface area is 198 Å². The van der Waals surface area contributed by atoms with Gasteiger partial charge in [-0.2, -0.15) is 0 Å². The Hall–Kier alpha value is -3.42. The summed E-state index contributed by atoms with van der Waals surface area (Å²) in [7, 11) is -0.645. The number of hydrogen-bond donors (Lipinski definition) is 0. The number of carbonyl (C=O) groups excluding carboxylic acids is 3. The van der Waals surface area contributed by atoms with Crippen LogP contribution in [0.15, 0.2) is 59.9 Å². The van der Waals surface area contributed by atoms with Crippen molar-refractivity contribution in [2.45, 2.75) is 32.2 Å². The molecule has 0 amide bonds. The maximum Gasteiger partial charge on any atom is 0.308 e. The highest BCUT2D eigenvalue weighted by molar-refractivity contribution is 6.85. The van der Waals surface area contributed by atoms with Crippen molar-refractivity contribution in [3.63, 3.8) is 0 Å². The molecule has 1 heterocycles. The van der Waals surface area contributed by atoms with Crippen LogP contribution in [-0.2, 0) is 9.53 Å². The van der Waals surface area contributed by atoms with E-state index < -0.39 is 25.6 Å². The minimum absolute atomic E-state index is 0.116. The van der Waals surface area contributed by atoms with E-state index in [-0.39, 0.29) is 11.6 Å². The van der Waals surface area contributed by atoms with Gasteiger partial charge >= 0.3 is 5.97 Å². The second kappa shape index (κ2) is 7.55. The molecule has 2 aromatic carbocycles. The van der Waals surface area contributed by atoms with Gasteiger partial charge in [-0.3, -0.25) is 19.4 Å². The largest absolute Gasteiger partial charge is 0.424 e. The molecule has 2 aliphatic carbocycles. The predicted octanol–water partition coefficient (Wildman–Crippen LogP) is 4.89. The molecule has 0 saturated heterocycles. The number of nitrogens with zero attached hydrogens (tertiary/aromatic N) is 1. The highest BCUT2D eigenvalue weighted by atomic mass is 28.3. The van der Waals surface area contributed by atoms with Crippen LogP contribution >= 0.6 is 0 Å². The summed E-state index contributed by atoms with van der Waals surface area (Å²) >= 11 is 0. The van der Waals surface area contributed by atoms with Crippen LogP contribution in [0.1, 0.15) is 33.2 Å². The van der Waals surface area contributed by atoms with Crippen LogP contribution in [0.2, 0.25) is 19.6 Å². The lowest BCUT2D eigenvalue weighted by atomic mass is 9.58. The van der Waals surface area contributed by atoms with Crippen molar-refractivity contribution in [2.24, 2.45) is 5.92 Å². The third-order valence-corrected chi connectivity index (χ3v) is 8.86. The normalized spacial score (nSPS) is 21.7. The van der Waals surface area contributed by atoms with E-state index in [1.807, 2.05) is 18.2 Å². The number of aromatic nitrogens is 1. The highest BCUT2D eigenvalue weighted by Gasteiger charge is 2.67. The van der Waals surface area contributed by atoms with Gasteiger partial charge in [-0.1, -0.05) is 56.0 Å². The first-order chi connectivity index (χ1) is 16.1. The minimum Gasteiger partial charge on any atom is -0.424 e. The molecular formula is C27H25NO5Si. The van der Waals surface area contributed by atoms with Crippen molar-refractivity contribution >= 4 is 42.1 Å². The maximum absolute atomic E-state index is 13.9. The Morgan fingerprint density at radius 1 is 0.971 bits per heavy atom. The van der Waals surface area contributed by atoms with Gasteiger partial charge in [0.25, 0.3) is 0 Å². The number of hydrogen-bond acceptors (Lipinski definition) is 6. The van der Waals surface area contributed by atoms with Gasteiger partial charge in [0, 0.05) is 36.7 Å². The lowest BCUT2D eigenvalue weighted by molar-refractivity contribution is -0.131. The Balaban J connectivity index is 1.84. The molecule has 0 bridgehead atoms. The van der Waals surface area contributed by atoms with Crippen LogP contribution in [0.3, 0.4) is 0 Å². The van der Waals surface area contributed by atoms with E-state index in [1.165, 1.54) is 14.0 Å². The molecule has 34 heavy (non-hydrogen) atoms. The SMILES string of the molecule is COC12C(=O)c3ccccc3C(=O)C1C(c1ccc(OC(C)=O)c3ncccc13)=C2[Si](C)(C)C. The topological polar surface area (TPSA) is 82.6 Å². The van der Waals surface area contributed by atoms with Gasteiger partial charge in [0.15, 0.2) is 22.9 Å². The van der Waals surface area contributed by atoms with E-state index >= 15 is 0 Å². The van der Waals surface area contributed by atoms with Crippen LogP contribution in [-0.4, -0.2) is 43.3 Å². The molecule has 0 radical (unpaired) electrons. The van der Waals surface area contributed by atoms with Crippen molar-refractivity contribution in [3.8, 4) is 5.75 Å². The maximum atomic E-state index is 13.9. The van der Waals surface area contributed by atoms with E-state index in [9.17, 15) is 14.4 Å². The molecular weight excluding hydrogens is 446 g/mol. The van der Waals surface area contributed by atoms with Crippen LogP contribution in [0, 0.1) is 5.92 Å². The molecule has 5 rings (SSSR count). The van der Waals surface area contributed by atoms with Gasteiger partial charge in [0.2, 0.25) is 0 Å². The first kappa shape index (κ1) is 22.4. The third-order valence-electron chi connectivity index (χ3n) is 6.72. The van der Waals surface area contributed by atoms with E-state index in [2.05, 4.69) is 24.6 Å². The molecule has 2 atom stereocenters. The molecule has 2 aliphatic rings. The number of methoxy groups -OCH3 is 1. The first-order valence-electron chi connectivity index (χ1n) is 11.2. The second-order valence-electron chi connectivity index (χ2n) is 9.75. The number of pyridine rings is 1. The monoisotopic (exact) mass is 471 g/mol. The molecule has 0 aliphatic heterocycles. The Bertz CT molecular complexity index is 1430. The minimum atomic E-state index is -2.17. The summed E-state index contributed by atoms with van der Waals surface area (Å²) in [5.41, 5.74) is 1.72. The molecule has 0 N–H and O–H groups in total. The van der Waals surface area contributed by atoms with Crippen molar-refractivity contribution < 1.29 is 23.9 Å². The first-order valence-corrected chi connectivity index (χ1v) is 14.7. The molecule has 7 heteroatoms. The number of rotatable bonds is 4. The van der Waals surface area contributed by atoms with Gasteiger partial charge in [0.1, 0.15) is 5.52 Å². The van der Waals surface area contributed by atoms with Gasteiger partial charge in [-0.25, -0.2) is 0 Å². The molecule has 3 aromatic rings. The summed E-state index contributed by atoms with van der Waals surface area (Å²) in [6.45, 7) is 7.82. The highest BCUT2D eigenvalue weighted by Crippen LogP contribution is 2.60. The van der Waals surface area contributed by atoms with Crippen LogP contribution in [0.4, 0.5) is 0 Å². The number of benzene rings is 2. The summed E-state index contributed by atoms with van der Waals surface area (Å²) in [6.07, 6.45) is 1.64. The fourth-order valence-electron chi connectivity index (χ4n) is 5.61. The number of carbonyl (C=O) groups is 3. The number of fused-ring (bicyclic) bond motifs is 3. The average Bonchev–Trinajstić information content (AvgIpc) is 2.78. The number of ketones is 2. The zero-order valence-corrected chi connectivity index (χ0v) is 20.8. The van der Waals surface area contributed by atoms with E-state index in [0.29, 0.717) is 22.4 Å². The summed E-state index contributed by atoms with van der Waals surface area (Å²) in [6, 6.07) is 14.2. The van der Waals surface area contributed by atoms with Crippen molar-refractivity contribution in [2.75, 3.05) is 7.11 Å². The van der Waals surface area contributed by atoms with Gasteiger partial charge in [0.05, 0.1) is 14.0 Å². The Morgan fingerprint density at radius 2 is 1.68 bits per heavy atom. The summed E-state index contributed by atoms with van der Waals surface area (Å²) in [5, 5.41) is 1.68. The number of ether oxygens (including phenoxy) is 2. The Morgan fingerprint density at radius 3 is 2.32 bits per heavy atom. The Kier molecular flexibility index (Phi) is 4.97. The van der Waals surface area contributed by atoms with Crippen molar-refractivity contribution in [1.29, 1.82) is 0 Å². The second-order valence-corrected chi connectivity index (χ2v) is 14.8. The van der Waals surface area contributed by atoms with E-state index in [0.717, 1.165) is 21.7 Å². The third kappa shape index (κ3) is 2.90. The summed E-state index contributed by atoms with van der Waals surface area (Å²) in [5.74, 6) is -1.10. The van der Waals surface area contributed by atoms with Gasteiger partial charge in [-0.05, 0) is 28.5 Å². The zero-order chi connectivity index (χ0) is 24.4. The van der Waals surface area contributed by atoms with Crippen LogP contribution in [0.5, 0.6) is 5.75 Å². The fraction of sp³-hybridized carbons (Fsp3) is 0.259. The smallest absolute Gasteiger partial charge is 0.308 e. The molecule has 1 aromatic heterocycles. The number of Topliss-reactive ketones (excluding diaryl/α,β-unsaturated/α-hetero) is 2. The standard InChI is InChI=1S/C27H25NO5Si/c1-15(29)33-20-13-12-16(17-11-8-14-28-23(17)20)21-22-24(30)18-9-6-7-10-19(18)25(31)27(22,32-2)26(21)34(3,4)5/h6-14,22H,1-5H3. The molecule has 6 nitrogen and oxygen atoms in total.